The van der Waals surface area contributed by atoms with Gasteiger partial charge in [0.2, 0.25) is 5.69 Å². The van der Waals surface area contributed by atoms with Gasteiger partial charge in [0.05, 0.1) is 19.7 Å². The predicted octanol–water partition coefficient (Wildman–Crippen LogP) is 2.21. The number of aromatic amines is 2. The summed E-state index contributed by atoms with van der Waals surface area (Å²) in [5.74, 6) is -0.566. The average Bonchev–Trinajstić information content (AvgIpc) is 2.80. The zero-order valence-corrected chi connectivity index (χ0v) is 17.3. The highest BCUT2D eigenvalue weighted by Crippen LogP contribution is 2.37. The number of carbonyl (C=O) groups is 1. The maximum Gasteiger partial charge on any atom is 0.342 e. The fourth-order valence-electron chi connectivity index (χ4n) is 3.01. The van der Waals surface area contributed by atoms with Gasteiger partial charge in [-0.3, -0.25) is 19.6 Å². The van der Waals surface area contributed by atoms with Gasteiger partial charge in [-0.05, 0) is 24.3 Å². The minimum absolute atomic E-state index is 0.0447. The summed E-state index contributed by atoms with van der Waals surface area (Å²) in [5, 5.41) is 8.23. The van der Waals surface area contributed by atoms with Crippen molar-refractivity contribution >= 4 is 22.5 Å². The molecule has 1 amide bonds. The number of H-pyrrole nitrogens is 2. The van der Waals surface area contributed by atoms with Crippen LogP contribution in [0.2, 0.25) is 0 Å². The number of rotatable bonds is 6. The summed E-state index contributed by atoms with van der Waals surface area (Å²) in [7, 11) is 2.99. The number of hydrogen-bond donors (Lipinski definition) is 3. The molecular weight excluding hydrogens is 437 g/mol. The van der Waals surface area contributed by atoms with Gasteiger partial charge in [-0.1, -0.05) is 0 Å². The fourth-order valence-corrected chi connectivity index (χ4v) is 3.01. The third-order valence-corrected chi connectivity index (χ3v) is 4.54. The minimum Gasteiger partial charge on any atom is -0.493 e. The van der Waals surface area contributed by atoms with E-state index in [-0.39, 0.29) is 11.4 Å². The molecule has 0 saturated heterocycles. The van der Waals surface area contributed by atoms with Crippen molar-refractivity contribution in [3.05, 3.63) is 74.9 Å². The molecule has 0 fully saturated rings. The SMILES string of the molecule is COc1cc2nccc(Oc3ccc(NC(=O)c4n[nH]c(=O)[nH]c4=O)cc3F)c2cc1OC. The summed E-state index contributed by atoms with van der Waals surface area (Å²) in [6, 6.07) is 8.60. The normalized spacial score (nSPS) is 10.6. The molecule has 2 aromatic heterocycles. The number of nitrogens with one attached hydrogen (secondary N) is 3. The number of amides is 1. The molecular formula is C21H16FN5O6. The molecule has 4 aromatic rings. The first-order valence-electron chi connectivity index (χ1n) is 9.38. The molecule has 0 aliphatic rings. The number of ether oxygens (including phenoxy) is 3. The molecule has 0 bridgehead atoms. The first-order chi connectivity index (χ1) is 15.9. The van der Waals surface area contributed by atoms with E-state index in [2.05, 4.69) is 15.4 Å². The van der Waals surface area contributed by atoms with Crippen LogP contribution in [0.25, 0.3) is 10.9 Å². The Labute approximate surface area is 184 Å². The summed E-state index contributed by atoms with van der Waals surface area (Å²) < 4.78 is 31.0. The molecule has 0 radical (unpaired) electrons. The smallest absolute Gasteiger partial charge is 0.342 e. The van der Waals surface area contributed by atoms with Gasteiger partial charge < -0.3 is 19.5 Å². The monoisotopic (exact) mass is 453 g/mol. The largest absolute Gasteiger partial charge is 0.493 e. The maximum absolute atomic E-state index is 14.7. The van der Waals surface area contributed by atoms with Crippen molar-refractivity contribution in [1.29, 1.82) is 0 Å². The highest BCUT2D eigenvalue weighted by Gasteiger charge is 2.16. The zero-order chi connectivity index (χ0) is 23.5. The van der Waals surface area contributed by atoms with E-state index in [1.54, 1.807) is 18.2 Å². The number of pyridine rings is 1. The molecule has 0 saturated carbocycles. The second-order valence-electron chi connectivity index (χ2n) is 6.59. The average molecular weight is 453 g/mol. The Kier molecular flexibility index (Phi) is 5.72. The lowest BCUT2D eigenvalue weighted by atomic mass is 10.2. The van der Waals surface area contributed by atoms with Gasteiger partial charge in [0.25, 0.3) is 11.5 Å². The molecule has 0 aliphatic heterocycles. The lowest BCUT2D eigenvalue weighted by molar-refractivity contribution is 0.101. The Hall–Kier alpha value is -4.74. The molecule has 168 valence electrons. The van der Waals surface area contributed by atoms with E-state index in [1.807, 2.05) is 10.1 Å². The molecule has 2 heterocycles. The van der Waals surface area contributed by atoms with Gasteiger partial charge >= 0.3 is 5.69 Å². The van der Waals surface area contributed by atoms with Crippen molar-refractivity contribution < 1.29 is 23.4 Å². The Balaban J connectivity index is 1.60. The predicted molar refractivity (Wildman–Crippen MR) is 115 cm³/mol. The number of methoxy groups -OCH3 is 2. The van der Waals surface area contributed by atoms with Crippen LogP contribution in [0.15, 0.2) is 52.2 Å². The van der Waals surface area contributed by atoms with E-state index >= 15 is 0 Å². The Morgan fingerprint density at radius 1 is 1.00 bits per heavy atom. The lowest BCUT2D eigenvalue weighted by Crippen LogP contribution is -2.32. The first-order valence-corrected chi connectivity index (χ1v) is 9.38. The Bertz CT molecular complexity index is 1480. The highest BCUT2D eigenvalue weighted by molar-refractivity contribution is 6.02. The van der Waals surface area contributed by atoms with Crippen molar-refractivity contribution in [2.45, 2.75) is 0 Å². The van der Waals surface area contributed by atoms with Crippen LogP contribution in [-0.2, 0) is 0 Å². The van der Waals surface area contributed by atoms with Crippen LogP contribution >= 0.6 is 0 Å². The molecule has 12 heteroatoms. The summed E-state index contributed by atoms with van der Waals surface area (Å²) in [4.78, 5) is 41.0. The quantitative estimate of drug-likeness (QED) is 0.402. The van der Waals surface area contributed by atoms with Crippen LogP contribution in [-0.4, -0.2) is 40.3 Å². The fraction of sp³-hybridized carbons (Fsp3) is 0.0952. The van der Waals surface area contributed by atoms with Gasteiger partial charge in [-0.15, -0.1) is 0 Å². The third-order valence-electron chi connectivity index (χ3n) is 4.54. The van der Waals surface area contributed by atoms with E-state index in [1.165, 1.54) is 32.5 Å². The summed E-state index contributed by atoms with van der Waals surface area (Å²) in [5.41, 5.74) is -1.82. The number of aromatic nitrogens is 4. The molecule has 0 atom stereocenters. The Morgan fingerprint density at radius 3 is 2.45 bits per heavy atom. The van der Waals surface area contributed by atoms with Gasteiger partial charge in [-0.25, -0.2) is 14.3 Å². The van der Waals surface area contributed by atoms with E-state index in [9.17, 15) is 18.8 Å². The molecule has 0 aliphatic carbocycles. The Morgan fingerprint density at radius 2 is 1.76 bits per heavy atom. The maximum atomic E-state index is 14.7. The molecule has 4 rings (SSSR count). The molecule has 11 nitrogen and oxygen atoms in total. The van der Waals surface area contributed by atoms with Gasteiger partial charge in [0.1, 0.15) is 5.75 Å². The number of anilines is 1. The minimum atomic E-state index is -0.978. The van der Waals surface area contributed by atoms with Crippen molar-refractivity contribution in [3.63, 3.8) is 0 Å². The van der Waals surface area contributed by atoms with Crippen LogP contribution in [0.3, 0.4) is 0 Å². The summed E-state index contributed by atoms with van der Waals surface area (Å²) >= 11 is 0. The van der Waals surface area contributed by atoms with Crippen molar-refractivity contribution in [1.82, 2.24) is 20.2 Å². The topological polar surface area (TPSA) is 148 Å². The van der Waals surface area contributed by atoms with Crippen LogP contribution in [0.1, 0.15) is 10.5 Å². The number of fused-ring (bicyclic) bond motifs is 1. The molecule has 0 unspecified atom stereocenters. The van der Waals surface area contributed by atoms with Crippen LogP contribution in [0.4, 0.5) is 10.1 Å². The van der Waals surface area contributed by atoms with E-state index in [0.29, 0.717) is 28.2 Å². The molecule has 2 aromatic carbocycles. The second kappa shape index (κ2) is 8.78. The number of halogens is 1. The van der Waals surface area contributed by atoms with Gasteiger partial charge in [0.15, 0.2) is 23.1 Å². The van der Waals surface area contributed by atoms with Crippen molar-refractivity contribution in [3.8, 4) is 23.0 Å². The number of benzene rings is 2. The standard InChI is InChI=1S/C21H16FN5O6/c1-31-16-8-11-13(9-17(16)32-2)23-6-5-14(11)33-15-4-3-10(7-12(15)22)24-19(28)18-20(29)25-21(30)27-26-18/h3-9H,1-2H3,(H,24,28)(H2,25,27,29,30). The lowest BCUT2D eigenvalue weighted by Gasteiger charge is -2.13. The molecule has 33 heavy (non-hydrogen) atoms. The second-order valence-corrected chi connectivity index (χ2v) is 6.59. The van der Waals surface area contributed by atoms with E-state index in [0.717, 1.165) is 6.07 Å². The summed E-state index contributed by atoms with van der Waals surface area (Å²) in [6.07, 6.45) is 1.50. The van der Waals surface area contributed by atoms with Gasteiger partial charge in [-0.2, -0.15) is 5.10 Å². The van der Waals surface area contributed by atoms with Crippen LogP contribution < -0.4 is 30.8 Å². The van der Waals surface area contributed by atoms with Crippen LogP contribution in [0.5, 0.6) is 23.0 Å². The van der Waals surface area contributed by atoms with Crippen molar-refractivity contribution in [2.75, 3.05) is 19.5 Å². The number of hydrogen-bond acceptors (Lipinski definition) is 8. The third kappa shape index (κ3) is 4.35. The number of nitrogens with zero attached hydrogens (tertiary/aromatic N) is 2. The highest BCUT2D eigenvalue weighted by atomic mass is 19.1. The zero-order valence-electron chi connectivity index (χ0n) is 17.3. The molecule has 0 spiro atoms. The van der Waals surface area contributed by atoms with Crippen molar-refractivity contribution in [2.24, 2.45) is 0 Å². The van der Waals surface area contributed by atoms with E-state index in [4.69, 9.17) is 14.2 Å². The molecule has 3 N–H and O–H groups in total. The van der Waals surface area contributed by atoms with E-state index < -0.39 is 28.7 Å². The first kappa shape index (κ1) is 21.5. The number of carbonyl (C=O) groups excluding carboxylic acids is 1. The van der Waals surface area contributed by atoms with Gasteiger partial charge in [0, 0.05) is 29.4 Å². The summed E-state index contributed by atoms with van der Waals surface area (Å²) in [6.45, 7) is 0. The van der Waals surface area contributed by atoms with Crippen LogP contribution in [0, 0.1) is 5.82 Å².